The Hall–Kier alpha value is -1.69. The largest absolute Gasteiger partial charge is 0.393 e. The van der Waals surface area contributed by atoms with Crippen molar-refractivity contribution < 1.29 is 9.84 Å². The van der Waals surface area contributed by atoms with Gasteiger partial charge in [-0.2, -0.15) is 5.10 Å². The molecular weight excluding hydrogens is 302 g/mol. The van der Waals surface area contributed by atoms with Crippen LogP contribution in [-0.2, 0) is 11.3 Å². The third-order valence-corrected chi connectivity index (χ3v) is 5.83. The number of aliphatic hydroxyl groups is 1. The summed E-state index contributed by atoms with van der Waals surface area (Å²) in [6.07, 6.45) is 5.35. The zero-order valence-electron chi connectivity index (χ0n) is 14.1. The standard InChI is InChI=1S/C19H25N3O2/c1-24-19-8-7-16(23)11-17(19)22(10-9-19)13-15-12-20-21-18(15)14-5-3-2-4-6-14/h2-6,12,16-17,23H,7-11,13H2,1H3,(H,20,21)/t16?,17?,19-/m1/s1. The van der Waals surface area contributed by atoms with E-state index in [4.69, 9.17) is 4.74 Å². The number of aliphatic hydroxyl groups excluding tert-OH is 1. The normalized spacial score (nSPS) is 30.4. The zero-order chi connectivity index (χ0) is 16.6. The molecule has 4 rings (SSSR count). The number of methoxy groups -OCH3 is 1. The van der Waals surface area contributed by atoms with Gasteiger partial charge in [0.15, 0.2) is 0 Å². The summed E-state index contributed by atoms with van der Waals surface area (Å²) >= 11 is 0. The van der Waals surface area contributed by atoms with Gasteiger partial charge in [-0.05, 0) is 31.2 Å². The van der Waals surface area contributed by atoms with Gasteiger partial charge in [-0.25, -0.2) is 0 Å². The first-order valence-electron chi connectivity index (χ1n) is 8.77. The zero-order valence-corrected chi connectivity index (χ0v) is 14.1. The highest BCUT2D eigenvalue weighted by Gasteiger charge is 2.50. The van der Waals surface area contributed by atoms with E-state index in [-0.39, 0.29) is 17.7 Å². The van der Waals surface area contributed by atoms with Gasteiger partial charge >= 0.3 is 0 Å². The van der Waals surface area contributed by atoms with E-state index in [1.54, 1.807) is 0 Å². The second kappa shape index (κ2) is 6.31. The maximum atomic E-state index is 10.1. The van der Waals surface area contributed by atoms with Gasteiger partial charge in [-0.15, -0.1) is 0 Å². The number of aromatic amines is 1. The average Bonchev–Trinajstić information content (AvgIpc) is 3.22. The molecule has 24 heavy (non-hydrogen) atoms. The van der Waals surface area contributed by atoms with Crippen molar-refractivity contribution in [2.24, 2.45) is 0 Å². The van der Waals surface area contributed by atoms with Crippen LogP contribution in [-0.4, -0.2) is 51.6 Å². The molecule has 2 aromatic rings. The molecule has 3 atom stereocenters. The Morgan fingerprint density at radius 2 is 2.17 bits per heavy atom. The molecule has 1 saturated heterocycles. The van der Waals surface area contributed by atoms with Crippen molar-refractivity contribution in [2.75, 3.05) is 13.7 Å². The van der Waals surface area contributed by atoms with Gasteiger partial charge in [0.2, 0.25) is 0 Å². The van der Waals surface area contributed by atoms with Gasteiger partial charge in [-0.1, -0.05) is 30.3 Å². The van der Waals surface area contributed by atoms with E-state index in [1.807, 2.05) is 31.5 Å². The molecule has 5 heteroatoms. The Labute approximate surface area is 142 Å². The lowest BCUT2D eigenvalue weighted by molar-refractivity contribution is -0.0879. The summed E-state index contributed by atoms with van der Waals surface area (Å²) in [4.78, 5) is 2.46. The van der Waals surface area contributed by atoms with Gasteiger partial charge in [0.05, 0.1) is 23.6 Å². The fourth-order valence-electron chi connectivity index (χ4n) is 4.46. The molecule has 0 amide bonds. The lowest BCUT2D eigenvalue weighted by Gasteiger charge is -2.42. The molecule has 128 valence electrons. The van der Waals surface area contributed by atoms with E-state index in [0.717, 1.165) is 50.0 Å². The molecule has 0 radical (unpaired) electrons. The van der Waals surface area contributed by atoms with Gasteiger partial charge in [0.25, 0.3) is 0 Å². The number of hydrogen-bond acceptors (Lipinski definition) is 4. The van der Waals surface area contributed by atoms with Gasteiger partial charge in [0.1, 0.15) is 0 Å². The molecule has 1 aromatic heterocycles. The minimum absolute atomic E-state index is 0.0874. The van der Waals surface area contributed by atoms with Crippen molar-refractivity contribution in [1.82, 2.24) is 15.1 Å². The molecule has 2 unspecified atom stereocenters. The van der Waals surface area contributed by atoms with Crippen LogP contribution in [0, 0.1) is 0 Å². The molecule has 5 nitrogen and oxygen atoms in total. The summed E-state index contributed by atoms with van der Waals surface area (Å²) in [5, 5.41) is 17.5. The van der Waals surface area contributed by atoms with E-state index in [1.165, 1.54) is 5.56 Å². The van der Waals surface area contributed by atoms with Crippen molar-refractivity contribution >= 4 is 0 Å². The molecule has 1 saturated carbocycles. The number of H-pyrrole nitrogens is 1. The highest BCUT2D eigenvalue weighted by Crippen LogP contribution is 2.43. The Bertz CT molecular complexity index is 687. The monoisotopic (exact) mass is 327 g/mol. The third-order valence-electron chi connectivity index (χ3n) is 5.83. The van der Waals surface area contributed by atoms with E-state index >= 15 is 0 Å². The van der Waals surface area contributed by atoms with Crippen molar-refractivity contribution in [3.05, 3.63) is 42.1 Å². The molecule has 0 spiro atoms. The van der Waals surface area contributed by atoms with E-state index in [9.17, 15) is 5.11 Å². The van der Waals surface area contributed by atoms with E-state index in [2.05, 4.69) is 27.2 Å². The molecule has 2 heterocycles. The summed E-state index contributed by atoms with van der Waals surface area (Å²) in [5.41, 5.74) is 3.36. The molecular formula is C19H25N3O2. The highest BCUT2D eigenvalue weighted by atomic mass is 16.5. The molecule has 2 aliphatic rings. The van der Waals surface area contributed by atoms with Crippen LogP contribution < -0.4 is 0 Å². The highest BCUT2D eigenvalue weighted by molar-refractivity contribution is 5.62. The first kappa shape index (κ1) is 15.8. The van der Waals surface area contributed by atoms with Crippen molar-refractivity contribution in [2.45, 2.75) is 50.0 Å². The number of likely N-dealkylation sites (tertiary alicyclic amines) is 1. The number of ether oxygens (including phenoxy) is 1. The van der Waals surface area contributed by atoms with Gasteiger partial charge in [-0.3, -0.25) is 10.00 Å². The topological polar surface area (TPSA) is 61.4 Å². The smallest absolute Gasteiger partial charge is 0.0847 e. The van der Waals surface area contributed by atoms with Crippen LogP contribution in [0.1, 0.15) is 31.2 Å². The third kappa shape index (κ3) is 2.66. The van der Waals surface area contributed by atoms with Crippen molar-refractivity contribution in [3.8, 4) is 11.3 Å². The minimum Gasteiger partial charge on any atom is -0.393 e. The lowest BCUT2D eigenvalue weighted by atomic mass is 9.79. The quantitative estimate of drug-likeness (QED) is 0.906. The Balaban J connectivity index is 1.57. The van der Waals surface area contributed by atoms with Crippen molar-refractivity contribution in [3.63, 3.8) is 0 Å². The molecule has 1 aromatic carbocycles. The minimum atomic E-state index is -0.211. The second-order valence-corrected chi connectivity index (χ2v) is 7.07. The Kier molecular flexibility index (Phi) is 4.16. The predicted molar refractivity (Wildman–Crippen MR) is 92.4 cm³/mol. The maximum Gasteiger partial charge on any atom is 0.0847 e. The van der Waals surface area contributed by atoms with Crippen LogP contribution in [0.5, 0.6) is 0 Å². The molecule has 0 bridgehead atoms. The number of fused-ring (bicyclic) bond motifs is 1. The summed E-state index contributed by atoms with van der Waals surface area (Å²) in [7, 11) is 1.82. The van der Waals surface area contributed by atoms with Gasteiger partial charge < -0.3 is 9.84 Å². The lowest BCUT2D eigenvalue weighted by Crippen LogP contribution is -2.51. The van der Waals surface area contributed by atoms with E-state index in [0.29, 0.717) is 0 Å². The fourth-order valence-corrected chi connectivity index (χ4v) is 4.46. The van der Waals surface area contributed by atoms with Gasteiger partial charge in [0, 0.05) is 31.8 Å². The summed E-state index contributed by atoms with van der Waals surface area (Å²) in [6, 6.07) is 10.6. The molecule has 2 fully saturated rings. The summed E-state index contributed by atoms with van der Waals surface area (Å²) < 4.78 is 5.94. The Morgan fingerprint density at radius 3 is 2.96 bits per heavy atom. The van der Waals surface area contributed by atoms with Crippen LogP contribution >= 0.6 is 0 Å². The Morgan fingerprint density at radius 1 is 1.33 bits per heavy atom. The average molecular weight is 327 g/mol. The summed E-state index contributed by atoms with van der Waals surface area (Å²) in [5.74, 6) is 0. The van der Waals surface area contributed by atoms with Crippen LogP contribution in [0.15, 0.2) is 36.5 Å². The predicted octanol–water partition coefficient (Wildman–Crippen LogP) is 2.58. The molecule has 2 N–H and O–H groups in total. The molecule has 1 aliphatic carbocycles. The second-order valence-electron chi connectivity index (χ2n) is 7.07. The number of rotatable bonds is 4. The van der Waals surface area contributed by atoms with E-state index < -0.39 is 0 Å². The van der Waals surface area contributed by atoms with Crippen molar-refractivity contribution in [1.29, 1.82) is 0 Å². The first-order chi connectivity index (χ1) is 11.7. The SMILES string of the molecule is CO[C@@]12CCC(O)CC1N(Cc1cn[nH]c1-c1ccccc1)CC2. The number of aromatic nitrogens is 2. The molecule has 1 aliphatic heterocycles. The number of nitrogens with one attached hydrogen (secondary N) is 1. The van der Waals surface area contributed by atoms with Crippen LogP contribution in [0.4, 0.5) is 0 Å². The van der Waals surface area contributed by atoms with Crippen LogP contribution in [0.25, 0.3) is 11.3 Å². The number of benzene rings is 1. The maximum absolute atomic E-state index is 10.1. The van der Waals surface area contributed by atoms with Crippen LogP contribution in [0.3, 0.4) is 0 Å². The number of nitrogens with zero attached hydrogens (tertiary/aromatic N) is 2. The first-order valence-corrected chi connectivity index (χ1v) is 8.77. The van der Waals surface area contributed by atoms with Crippen LogP contribution in [0.2, 0.25) is 0 Å². The fraction of sp³-hybridized carbons (Fsp3) is 0.526. The summed E-state index contributed by atoms with van der Waals surface area (Å²) in [6.45, 7) is 1.84. The number of hydrogen-bond donors (Lipinski definition) is 2.